The van der Waals surface area contributed by atoms with Crippen LogP contribution in [0.15, 0.2) is 67.3 Å². The number of halogens is 2. The second-order valence-corrected chi connectivity index (χ2v) is 6.09. The molecule has 3 aromatic rings. The van der Waals surface area contributed by atoms with Gasteiger partial charge in [0, 0.05) is 25.5 Å². The van der Waals surface area contributed by atoms with Gasteiger partial charge in [0.25, 0.3) is 0 Å². The molecule has 0 bridgehead atoms. The molecule has 2 aromatic carbocycles. The first-order chi connectivity index (χ1) is 12.8. The fourth-order valence-electron chi connectivity index (χ4n) is 2.71. The molecule has 0 spiro atoms. The van der Waals surface area contributed by atoms with Gasteiger partial charge in [-0.1, -0.05) is 36.4 Å². The first kappa shape index (κ1) is 23.8. The van der Waals surface area contributed by atoms with Crippen LogP contribution in [0.2, 0.25) is 0 Å². The van der Waals surface area contributed by atoms with E-state index >= 15 is 0 Å². The van der Waals surface area contributed by atoms with Gasteiger partial charge >= 0.3 is 0 Å². The number of aryl methyl sites for hydroxylation is 1. The van der Waals surface area contributed by atoms with Crippen LogP contribution >= 0.6 is 24.8 Å². The Bertz CT molecular complexity index is 784. The van der Waals surface area contributed by atoms with Gasteiger partial charge < -0.3 is 19.4 Å². The van der Waals surface area contributed by atoms with Crippen molar-refractivity contribution in [2.75, 3.05) is 13.7 Å². The highest BCUT2D eigenvalue weighted by Crippen LogP contribution is 2.28. The summed E-state index contributed by atoms with van der Waals surface area (Å²) in [6.07, 6.45) is 6.70. The SMILES string of the molecule is COc1cc(CNCCCn2ccnc2)ccc1OCc1ccccc1.Cl.Cl. The van der Waals surface area contributed by atoms with Crippen LogP contribution in [0, 0.1) is 0 Å². The van der Waals surface area contributed by atoms with Crippen LogP contribution in [0.4, 0.5) is 0 Å². The van der Waals surface area contributed by atoms with Crippen LogP contribution < -0.4 is 14.8 Å². The van der Waals surface area contributed by atoms with Gasteiger partial charge in [0.1, 0.15) is 6.61 Å². The predicted octanol–water partition coefficient (Wildman–Crippen LogP) is 4.49. The maximum atomic E-state index is 5.90. The van der Waals surface area contributed by atoms with E-state index in [2.05, 4.69) is 33.1 Å². The number of nitrogens with zero attached hydrogens (tertiary/aromatic N) is 2. The molecule has 0 unspecified atom stereocenters. The summed E-state index contributed by atoms with van der Waals surface area (Å²) in [6.45, 7) is 3.26. The van der Waals surface area contributed by atoms with Gasteiger partial charge in [-0.05, 0) is 36.2 Å². The van der Waals surface area contributed by atoms with Crippen molar-refractivity contribution in [3.05, 3.63) is 78.4 Å². The summed E-state index contributed by atoms with van der Waals surface area (Å²) in [5.41, 5.74) is 2.31. The van der Waals surface area contributed by atoms with Crippen molar-refractivity contribution < 1.29 is 9.47 Å². The summed E-state index contributed by atoms with van der Waals surface area (Å²) in [6, 6.07) is 16.2. The lowest BCUT2D eigenvalue weighted by Crippen LogP contribution is -2.16. The van der Waals surface area contributed by atoms with E-state index in [0.29, 0.717) is 6.61 Å². The topological polar surface area (TPSA) is 48.3 Å². The highest BCUT2D eigenvalue weighted by atomic mass is 35.5. The number of aromatic nitrogens is 2. The summed E-state index contributed by atoms with van der Waals surface area (Å²) < 4.78 is 13.5. The Kier molecular flexibility index (Phi) is 11.1. The molecule has 1 heterocycles. The molecule has 0 fully saturated rings. The molecule has 7 heteroatoms. The molecule has 0 saturated carbocycles. The minimum atomic E-state index is 0. The van der Waals surface area contributed by atoms with Crippen LogP contribution in [0.5, 0.6) is 11.5 Å². The molecule has 0 atom stereocenters. The Morgan fingerprint density at radius 3 is 2.54 bits per heavy atom. The zero-order valence-electron chi connectivity index (χ0n) is 15.9. The summed E-state index contributed by atoms with van der Waals surface area (Å²) in [7, 11) is 1.67. The smallest absolute Gasteiger partial charge is 0.161 e. The van der Waals surface area contributed by atoms with E-state index in [4.69, 9.17) is 9.47 Å². The van der Waals surface area contributed by atoms with E-state index in [-0.39, 0.29) is 24.8 Å². The molecule has 0 saturated heterocycles. The Balaban J connectivity index is 0.00000196. The first-order valence-electron chi connectivity index (χ1n) is 8.85. The molecular weight excluding hydrogens is 397 g/mol. The molecular formula is C21H27Cl2N3O2. The number of hydrogen-bond donors (Lipinski definition) is 1. The second-order valence-electron chi connectivity index (χ2n) is 6.09. The van der Waals surface area contributed by atoms with Crippen molar-refractivity contribution >= 4 is 24.8 Å². The van der Waals surface area contributed by atoms with Gasteiger partial charge in [-0.15, -0.1) is 24.8 Å². The van der Waals surface area contributed by atoms with Crippen LogP contribution in [0.25, 0.3) is 0 Å². The molecule has 0 radical (unpaired) electrons. The number of ether oxygens (including phenoxy) is 2. The minimum absolute atomic E-state index is 0. The third-order valence-electron chi connectivity index (χ3n) is 4.12. The van der Waals surface area contributed by atoms with Crippen LogP contribution in [-0.2, 0) is 19.7 Å². The quantitative estimate of drug-likeness (QED) is 0.487. The van der Waals surface area contributed by atoms with E-state index in [1.165, 1.54) is 5.56 Å². The van der Waals surface area contributed by atoms with Crippen molar-refractivity contribution in [1.82, 2.24) is 14.9 Å². The Morgan fingerprint density at radius 1 is 1.00 bits per heavy atom. The number of benzene rings is 2. The summed E-state index contributed by atoms with van der Waals surface area (Å²) in [5, 5.41) is 3.46. The van der Waals surface area contributed by atoms with E-state index < -0.39 is 0 Å². The Hall–Kier alpha value is -2.21. The number of rotatable bonds is 10. The molecule has 0 amide bonds. The fraction of sp³-hybridized carbons (Fsp3) is 0.286. The second kappa shape index (κ2) is 13.0. The van der Waals surface area contributed by atoms with Gasteiger partial charge in [-0.2, -0.15) is 0 Å². The number of methoxy groups -OCH3 is 1. The Morgan fingerprint density at radius 2 is 1.82 bits per heavy atom. The molecule has 5 nitrogen and oxygen atoms in total. The van der Waals surface area contributed by atoms with E-state index in [9.17, 15) is 0 Å². The van der Waals surface area contributed by atoms with Gasteiger partial charge in [-0.25, -0.2) is 4.98 Å². The van der Waals surface area contributed by atoms with Gasteiger partial charge in [0.2, 0.25) is 0 Å². The van der Waals surface area contributed by atoms with E-state index in [1.54, 1.807) is 13.3 Å². The minimum Gasteiger partial charge on any atom is -0.493 e. The van der Waals surface area contributed by atoms with Crippen molar-refractivity contribution in [3.8, 4) is 11.5 Å². The van der Waals surface area contributed by atoms with Gasteiger partial charge in [0.15, 0.2) is 11.5 Å². The first-order valence-corrected chi connectivity index (χ1v) is 8.85. The lowest BCUT2D eigenvalue weighted by molar-refractivity contribution is 0.284. The average Bonchev–Trinajstić information content (AvgIpc) is 3.21. The largest absolute Gasteiger partial charge is 0.493 e. The summed E-state index contributed by atoms with van der Waals surface area (Å²) in [5.74, 6) is 1.53. The van der Waals surface area contributed by atoms with Crippen LogP contribution in [0.3, 0.4) is 0 Å². The van der Waals surface area contributed by atoms with E-state index in [0.717, 1.165) is 43.1 Å². The summed E-state index contributed by atoms with van der Waals surface area (Å²) >= 11 is 0. The Labute approximate surface area is 178 Å². The molecule has 0 aliphatic rings. The third kappa shape index (κ3) is 7.43. The standard InChI is InChI=1S/C21H25N3O2.2ClH/c1-25-21-14-19(15-22-10-5-12-24-13-11-23-17-24)8-9-20(21)26-16-18-6-3-2-4-7-18;;/h2-4,6-9,11,13-14,17,22H,5,10,12,15-16H2,1H3;2*1H. The number of imidazole rings is 1. The zero-order valence-corrected chi connectivity index (χ0v) is 17.5. The molecule has 1 aromatic heterocycles. The maximum absolute atomic E-state index is 5.90. The van der Waals surface area contributed by atoms with Gasteiger partial charge in [0.05, 0.1) is 13.4 Å². The average molecular weight is 424 g/mol. The van der Waals surface area contributed by atoms with Crippen molar-refractivity contribution in [1.29, 1.82) is 0 Å². The monoisotopic (exact) mass is 423 g/mol. The lowest BCUT2D eigenvalue weighted by atomic mass is 10.2. The normalized spacial score (nSPS) is 9.89. The highest BCUT2D eigenvalue weighted by molar-refractivity contribution is 5.85. The highest BCUT2D eigenvalue weighted by Gasteiger charge is 2.06. The van der Waals surface area contributed by atoms with Crippen LogP contribution in [-0.4, -0.2) is 23.2 Å². The van der Waals surface area contributed by atoms with Crippen molar-refractivity contribution in [3.63, 3.8) is 0 Å². The molecule has 28 heavy (non-hydrogen) atoms. The van der Waals surface area contributed by atoms with E-state index in [1.807, 2.05) is 42.9 Å². The van der Waals surface area contributed by atoms with Crippen molar-refractivity contribution in [2.45, 2.75) is 26.1 Å². The lowest BCUT2D eigenvalue weighted by Gasteiger charge is -2.13. The zero-order chi connectivity index (χ0) is 18.0. The summed E-state index contributed by atoms with van der Waals surface area (Å²) in [4.78, 5) is 4.05. The van der Waals surface area contributed by atoms with Crippen molar-refractivity contribution in [2.24, 2.45) is 0 Å². The molecule has 3 rings (SSSR count). The fourth-order valence-corrected chi connectivity index (χ4v) is 2.71. The van der Waals surface area contributed by atoms with Gasteiger partial charge in [-0.3, -0.25) is 0 Å². The molecule has 1 N–H and O–H groups in total. The van der Waals surface area contributed by atoms with Crippen LogP contribution in [0.1, 0.15) is 17.5 Å². The maximum Gasteiger partial charge on any atom is 0.161 e. The third-order valence-corrected chi connectivity index (χ3v) is 4.12. The number of nitrogens with one attached hydrogen (secondary N) is 1. The number of hydrogen-bond acceptors (Lipinski definition) is 4. The molecule has 0 aliphatic heterocycles. The molecule has 0 aliphatic carbocycles. The molecule has 152 valence electrons. The predicted molar refractivity (Wildman–Crippen MR) is 117 cm³/mol.